The van der Waals surface area contributed by atoms with Crippen molar-refractivity contribution in [2.75, 3.05) is 5.75 Å². The third kappa shape index (κ3) is 5.66. The smallest absolute Gasteiger partial charge is 0.250 e. The van der Waals surface area contributed by atoms with Crippen LogP contribution in [0.25, 0.3) is 0 Å². The number of carbonyl (C=O) groups excluding carboxylic acids is 1. The molecule has 22 heavy (non-hydrogen) atoms. The van der Waals surface area contributed by atoms with Gasteiger partial charge in [-0.2, -0.15) is 5.10 Å². The third-order valence-corrected chi connectivity index (χ3v) is 4.65. The maximum atomic E-state index is 11.7. The SMILES string of the molecule is Cc1ccc(CSCC(=O)N/N=C/c2ccccc2Br)cc1. The molecule has 0 aliphatic rings. The highest BCUT2D eigenvalue weighted by Crippen LogP contribution is 2.14. The molecule has 114 valence electrons. The summed E-state index contributed by atoms with van der Waals surface area (Å²) in [6, 6.07) is 16.0. The minimum Gasteiger partial charge on any atom is -0.272 e. The average molecular weight is 377 g/mol. The highest BCUT2D eigenvalue weighted by molar-refractivity contribution is 9.10. The Kier molecular flexibility index (Phi) is 6.68. The largest absolute Gasteiger partial charge is 0.272 e. The summed E-state index contributed by atoms with van der Waals surface area (Å²) in [4.78, 5) is 11.7. The van der Waals surface area contributed by atoms with Crippen molar-refractivity contribution in [2.45, 2.75) is 12.7 Å². The molecule has 1 amide bonds. The van der Waals surface area contributed by atoms with E-state index in [1.165, 1.54) is 11.1 Å². The normalized spacial score (nSPS) is 10.8. The molecule has 3 nitrogen and oxygen atoms in total. The first-order valence-corrected chi connectivity index (χ1v) is 8.79. The van der Waals surface area contributed by atoms with E-state index in [2.05, 4.69) is 57.6 Å². The van der Waals surface area contributed by atoms with Crippen LogP contribution in [-0.4, -0.2) is 17.9 Å². The molecule has 1 N–H and O–H groups in total. The lowest BCUT2D eigenvalue weighted by Gasteiger charge is -2.02. The molecule has 0 aliphatic carbocycles. The summed E-state index contributed by atoms with van der Waals surface area (Å²) in [5.74, 6) is 1.11. The van der Waals surface area contributed by atoms with Gasteiger partial charge in [0.25, 0.3) is 0 Å². The van der Waals surface area contributed by atoms with Crippen molar-refractivity contribution in [3.63, 3.8) is 0 Å². The van der Waals surface area contributed by atoms with Crippen LogP contribution >= 0.6 is 27.7 Å². The fraction of sp³-hybridized carbons (Fsp3) is 0.176. The molecule has 0 aromatic heterocycles. The van der Waals surface area contributed by atoms with Crippen molar-refractivity contribution in [2.24, 2.45) is 5.10 Å². The van der Waals surface area contributed by atoms with Gasteiger partial charge in [-0.1, -0.05) is 64.0 Å². The van der Waals surface area contributed by atoms with Crippen LogP contribution in [0.5, 0.6) is 0 Å². The number of halogens is 1. The number of nitrogens with one attached hydrogen (secondary N) is 1. The van der Waals surface area contributed by atoms with E-state index < -0.39 is 0 Å². The second kappa shape index (κ2) is 8.76. The third-order valence-electron chi connectivity index (χ3n) is 2.92. The Hall–Kier alpha value is -1.59. The molecule has 0 saturated carbocycles. The Morgan fingerprint density at radius 1 is 1.23 bits per heavy atom. The lowest BCUT2D eigenvalue weighted by molar-refractivity contribution is -0.118. The van der Waals surface area contributed by atoms with Gasteiger partial charge in [-0.15, -0.1) is 11.8 Å². The van der Waals surface area contributed by atoms with E-state index in [9.17, 15) is 4.79 Å². The second-order valence-corrected chi connectivity index (χ2v) is 6.63. The fourth-order valence-corrected chi connectivity index (χ4v) is 2.90. The Balaban J connectivity index is 1.72. The number of benzene rings is 2. The minimum atomic E-state index is -0.0968. The summed E-state index contributed by atoms with van der Waals surface area (Å²) < 4.78 is 0.946. The van der Waals surface area contributed by atoms with Gasteiger partial charge < -0.3 is 0 Å². The molecular weight excluding hydrogens is 360 g/mol. The number of hydrazone groups is 1. The lowest BCUT2D eigenvalue weighted by atomic mass is 10.2. The maximum Gasteiger partial charge on any atom is 0.250 e. The molecule has 0 atom stereocenters. The highest BCUT2D eigenvalue weighted by Gasteiger charge is 2.01. The van der Waals surface area contributed by atoms with Crippen LogP contribution in [0, 0.1) is 6.92 Å². The predicted octanol–water partition coefficient (Wildman–Crippen LogP) is 4.14. The fourth-order valence-electron chi connectivity index (χ4n) is 1.73. The first kappa shape index (κ1) is 16.8. The molecule has 0 radical (unpaired) electrons. The molecule has 0 saturated heterocycles. The van der Waals surface area contributed by atoms with Crippen LogP contribution in [0.15, 0.2) is 58.1 Å². The summed E-state index contributed by atoms with van der Waals surface area (Å²) >= 11 is 5.00. The number of rotatable bonds is 6. The van der Waals surface area contributed by atoms with Crippen molar-refractivity contribution < 1.29 is 4.79 Å². The number of aryl methyl sites for hydroxylation is 1. The average Bonchev–Trinajstić information content (AvgIpc) is 2.51. The van der Waals surface area contributed by atoms with Crippen molar-refractivity contribution in [3.8, 4) is 0 Å². The lowest BCUT2D eigenvalue weighted by Crippen LogP contribution is -2.19. The zero-order valence-corrected chi connectivity index (χ0v) is 14.7. The van der Waals surface area contributed by atoms with Gasteiger partial charge in [0.1, 0.15) is 0 Å². The predicted molar refractivity (Wildman–Crippen MR) is 97.2 cm³/mol. The Labute approximate surface area is 143 Å². The van der Waals surface area contributed by atoms with Crippen LogP contribution < -0.4 is 5.43 Å². The molecule has 5 heteroatoms. The minimum absolute atomic E-state index is 0.0968. The van der Waals surface area contributed by atoms with Crippen LogP contribution in [0.2, 0.25) is 0 Å². The molecule has 2 rings (SSSR count). The molecule has 0 bridgehead atoms. The van der Waals surface area contributed by atoms with Crippen molar-refractivity contribution in [1.82, 2.24) is 5.43 Å². The summed E-state index contributed by atoms with van der Waals surface area (Å²) in [6.45, 7) is 2.06. The zero-order chi connectivity index (χ0) is 15.8. The van der Waals surface area contributed by atoms with Gasteiger partial charge in [-0.05, 0) is 18.6 Å². The van der Waals surface area contributed by atoms with Gasteiger partial charge in [0, 0.05) is 15.8 Å². The van der Waals surface area contributed by atoms with Gasteiger partial charge in [-0.3, -0.25) is 4.79 Å². The molecule has 0 unspecified atom stereocenters. The second-order valence-electron chi connectivity index (χ2n) is 4.79. The number of hydrogen-bond donors (Lipinski definition) is 1. The molecule has 2 aromatic rings. The maximum absolute atomic E-state index is 11.7. The van der Waals surface area contributed by atoms with E-state index in [1.54, 1.807) is 18.0 Å². The van der Waals surface area contributed by atoms with E-state index in [4.69, 9.17) is 0 Å². The standard InChI is InChI=1S/C17H17BrN2OS/c1-13-6-8-14(9-7-13)11-22-12-17(21)20-19-10-15-4-2-3-5-16(15)18/h2-10H,11-12H2,1H3,(H,20,21)/b19-10+. The number of thioether (sulfide) groups is 1. The molecule has 0 heterocycles. The monoisotopic (exact) mass is 376 g/mol. The van der Waals surface area contributed by atoms with Crippen LogP contribution in [0.4, 0.5) is 0 Å². The van der Waals surface area contributed by atoms with E-state index >= 15 is 0 Å². The summed E-state index contributed by atoms with van der Waals surface area (Å²) in [6.07, 6.45) is 1.63. The van der Waals surface area contributed by atoms with Crippen molar-refractivity contribution in [1.29, 1.82) is 0 Å². The van der Waals surface area contributed by atoms with Crippen molar-refractivity contribution in [3.05, 3.63) is 69.7 Å². The molecule has 2 aromatic carbocycles. The summed E-state index contributed by atoms with van der Waals surface area (Å²) in [5, 5.41) is 3.97. The summed E-state index contributed by atoms with van der Waals surface area (Å²) in [5.41, 5.74) is 5.93. The molecule has 0 spiro atoms. The van der Waals surface area contributed by atoms with E-state index in [1.807, 2.05) is 24.3 Å². The van der Waals surface area contributed by atoms with Crippen LogP contribution in [-0.2, 0) is 10.5 Å². The number of amides is 1. The Bertz CT molecular complexity index is 656. The molecule has 0 fully saturated rings. The highest BCUT2D eigenvalue weighted by atomic mass is 79.9. The number of nitrogens with zero attached hydrogens (tertiary/aromatic N) is 1. The van der Waals surface area contributed by atoms with E-state index in [0.717, 1.165) is 15.8 Å². The topological polar surface area (TPSA) is 41.5 Å². The van der Waals surface area contributed by atoms with Gasteiger partial charge >= 0.3 is 0 Å². The van der Waals surface area contributed by atoms with Crippen molar-refractivity contribution >= 4 is 39.8 Å². The Morgan fingerprint density at radius 3 is 2.68 bits per heavy atom. The van der Waals surface area contributed by atoms with Crippen LogP contribution in [0.1, 0.15) is 16.7 Å². The van der Waals surface area contributed by atoms with E-state index in [-0.39, 0.29) is 5.91 Å². The number of carbonyl (C=O) groups is 1. The van der Waals surface area contributed by atoms with Crippen LogP contribution in [0.3, 0.4) is 0 Å². The Morgan fingerprint density at radius 2 is 1.95 bits per heavy atom. The first-order chi connectivity index (χ1) is 10.6. The first-order valence-electron chi connectivity index (χ1n) is 6.85. The van der Waals surface area contributed by atoms with E-state index in [0.29, 0.717) is 5.75 Å². The number of hydrogen-bond acceptors (Lipinski definition) is 3. The van der Waals surface area contributed by atoms with Gasteiger partial charge in [0.05, 0.1) is 12.0 Å². The van der Waals surface area contributed by atoms with Gasteiger partial charge in [0.2, 0.25) is 5.91 Å². The molecule has 0 aliphatic heterocycles. The van der Waals surface area contributed by atoms with Gasteiger partial charge in [0.15, 0.2) is 0 Å². The van der Waals surface area contributed by atoms with Gasteiger partial charge in [-0.25, -0.2) is 5.43 Å². The molecular formula is C17H17BrN2OS. The quantitative estimate of drug-likeness (QED) is 0.607. The zero-order valence-electron chi connectivity index (χ0n) is 12.3. The summed E-state index contributed by atoms with van der Waals surface area (Å²) in [7, 11) is 0.